The van der Waals surface area contributed by atoms with E-state index in [1.807, 2.05) is 4.90 Å². The van der Waals surface area contributed by atoms with Gasteiger partial charge in [-0.3, -0.25) is 9.69 Å². The highest BCUT2D eigenvalue weighted by atomic mass is 16.2. The van der Waals surface area contributed by atoms with Crippen molar-refractivity contribution in [1.82, 2.24) is 9.80 Å². The Morgan fingerprint density at radius 3 is 2.28 bits per heavy atom. The van der Waals surface area contributed by atoms with E-state index in [0.717, 1.165) is 39.3 Å². The summed E-state index contributed by atoms with van der Waals surface area (Å²) in [7, 11) is 0. The normalized spacial score (nSPS) is 18.1. The van der Waals surface area contributed by atoms with E-state index in [1.54, 1.807) is 6.92 Å². The lowest BCUT2D eigenvalue weighted by molar-refractivity contribution is -0.130. The summed E-state index contributed by atoms with van der Waals surface area (Å²) in [5.74, 6) is 0.208. The predicted molar refractivity (Wildman–Crippen MR) is 75.4 cm³/mol. The molecule has 0 aromatic carbocycles. The lowest BCUT2D eigenvalue weighted by atomic mass is 9.87. The number of amides is 1. The van der Waals surface area contributed by atoms with E-state index in [1.165, 1.54) is 19.3 Å². The highest BCUT2D eigenvalue weighted by molar-refractivity contribution is 5.73. The standard InChI is InChI=1S/C14H29N3O/c1-13(18)17-10-8-16(9-11-17)7-5-4-6-14(2,3)12-15/h4-12,15H2,1-3H3. The van der Waals surface area contributed by atoms with Crippen LogP contribution >= 0.6 is 0 Å². The maximum Gasteiger partial charge on any atom is 0.219 e. The molecule has 4 nitrogen and oxygen atoms in total. The van der Waals surface area contributed by atoms with Gasteiger partial charge in [0.15, 0.2) is 0 Å². The van der Waals surface area contributed by atoms with Crippen molar-refractivity contribution in [1.29, 1.82) is 0 Å². The molecule has 0 unspecified atom stereocenters. The minimum absolute atomic E-state index is 0.208. The third-order valence-corrected chi connectivity index (χ3v) is 3.95. The summed E-state index contributed by atoms with van der Waals surface area (Å²) in [6, 6.07) is 0. The molecular weight excluding hydrogens is 226 g/mol. The van der Waals surface area contributed by atoms with Crippen molar-refractivity contribution in [3.05, 3.63) is 0 Å². The molecule has 2 N–H and O–H groups in total. The minimum atomic E-state index is 0.208. The summed E-state index contributed by atoms with van der Waals surface area (Å²) in [5, 5.41) is 0. The minimum Gasteiger partial charge on any atom is -0.340 e. The van der Waals surface area contributed by atoms with Crippen LogP contribution in [0, 0.1) is 5.41 Å². The fraction of sp³-hybridized carbons (Fsp3) is 0.929. The molecule has 0 aliphatic carbocycles. The van der Waals surface area contributed by atoms with E-state index in [9.17, 15) is 4.79 Å². The van der Waals surface area contributed by atoms with Crippen LogP contribution in [0.5, 0.6) is 0 Å². The van der Waals surface area contributed by atoms with Gasteiger partial charge in [0.2, 0.25) is 5.91 Å². The third-order valence-electron chi connectivity index (χ3n) is 3.95. The van der Waals surface area contributed by atoms with Gasteiger partial charge in [0.1, 0.15) is 0 Å². The highest BCUT2D eigenvalue weighted by Crippen LogP contribution is 2.21. The SMILES string of the molecule is CC(=O)N1CCN(CCCCC(C)(C)CN)CC1. The summed E-state index contributed by atoms with van der Waals surface area (Å²) in [5.41, 5.74) is 6.01. The van der Waals surface area contributed by atoms with Gasteiger partial charge in [-0.15, -0.1) is 0 Å². The number of rotatable bonds is 6. The molecular formula is C14H29N3O. The maximum absolute atomic E-state index is 11.2. The quantitative estimate of drug-likeness (QED) is 0.728. The van der Waals surface area contributed by atoms with Crippen molar-refractivity contribution < 1.29 is 4.79 Å². The van der Waals surface area contributed by atoms with Crippen LogP contribution in [0.4, 0.5) is 0 Å². The summed E-state index contributed by atoms with van der Waals surface area (Å²) >= 11 is 0. The van der Waals surface area contributed by atoms with E-state index >= 15 is 0 Å². The highest BCUT2D eigenvalue weighted by Gasteiger charge is 2.18. The Bertz CT molecular complexity index is 258. The number of piperazine rings is 1. The molecule has 0 atom stereocenters. The van der Waals surface area contributed by atoms with Crippen LogP contribution in [0.3, 0.4) is 0 Å². The molecule has 0 saturated carbocycles. The summed E-state index contributed by atoms with van der Waals surface area (Å²) in [4.78, 5) is 15.6. The zero-order valence-corrected chi connectivity index (χ0v) is 12.2. The van der Waals surface area contributed by atoms with Crippen molar-refractivity contribution in [3.63, 3.8) is 0 Å². The molecule has 106 valence electrons. The lowest BCUT2D eigenvalue weighted by Crippen LogP contribution is -2.48. The molecule has 1 aliphatic heterocycles. The first-order valence-corrected chi connectivity index (χ1v) is 7.12. The van der Waals surface area contributed by atoms with Gasteiger partial charge in [-0.05, 0) is 31.3 Å². The number of carbonyl (C=O) groups excluding carboxylic acids is 1. The topological polar surface area (TPSA) is 49.6 Å². The second-order valence-corrected chi connectivity index (χ2v) is 6.17. The molecule has 0 radical (unpaired) electrons. The van der Waals surface area contributed by atoms with Crippen LogP contribution in [0.2, 0.25) is 0 Å². The van der Waals surface area contributed by atoms with E-state index < -0.39 is 0 Å². The van der Waals surface area contributed by atoms with Crippen LogP contribution in [0.1, 0.15) is 40.0 Å². The first-order chi connectivity index (χ1) is 8.44. The first-order valence-electron chi connectivity index (χ1n) is 7.12. The van der Waals surface area contributed by atoms with Crippen molar-refractivity contribution >= 4 is 5.91 Å². The molecule has 1 aliphatic rings. The predicted octanol–water partition coefficient (Wildman–Crippen LogP) is 1.31. The van der Waals surface area contributed by atoms with Crippen LogP contribution in [0.25, 0.3) is 0 Å². The summed E-state index contributed by atoms with van der Waals surface area (Å²) in [6.45, 7) is 11.9. The second kappa shape index (κ2) is 7.10. The molecule has 0 aromatic rings. The molecule has 0 spiro atoms. The third kappa shape index (κ3) is 5.36. The average molecular weight is 255 g/mol. The first kappa shape index (κ1) is 15.4. The molecule has 1 saturated heterocycles. The number of hydrogen-bond acceptors (Lipinski definition) is 3. The van der Waals surface area contributed by atoms with Crippen molar-refractivity contribution in [3.8, 4) is 0 Å². The number of nitrogens with zero attached hydrogens (tertiary/aromatic N) is 2. The van der Waals surface area contributed by atoms with Gasteiger partial charge in [-0.25, -0.2) is 0 Å². The van der Waals surface area contributed by atoms with Gasteiger partial charge >= 0.3 is 0 Å². The van der Waals surface area contributed by atoms with Crippen LogP contribution in [0.15, 0.2) is 0 Å². The average Bonchev–Trinajstić information content (AvgIpc) is 2.35. The van der Waals surface area contributed by atoms with Gasteiger partial charge in [0.25, 0.3) is 0 Å². The monoisotopic (exact) mass is 255 g/mol. The Balaban J connectivity index is 2.10. The number of carbonyl (C=O) groups is 1. The van der Waals surface area contributed by atoms with Gasteiger partial charge < -0.3 is 10.6 Å². The van der Waals surface area contributed by atoms with E-state index in [0.29, 0.717) is 0 Å². The second-order valence-electron chi connectivity index (χ2n) is 6.17. The Hall–Kier alpha value is -0.610. The molecule has 18 heavy (non-hydrogen) atoms. The molecule has 4 heteroatoms. The fourth-order valence-corrected chi connectivity index (χ4v) is 2.33. The fourth-order valence-electron chi connectivity index (χ4n) is 2.33. The Morgan fingerprint density at radius 1 is 1.17 bits per heavy atom. The number of unbranched alkanes of at least 4 members (excludes halogenated alkanes) is 1. The maximum atomic E-state index is 11.2. The largest absolute Gasteiger partial charge is 0.340 e. The molecule has 0 bridgehead atoms. The van der Waals surface area contributed by atoms with Gasteiger partial charge in [0.05, 0.1) is 0 Å². The Kier molecular flexibility index (Phi) is 6.09. The van der Waals surface area contributed by atoms with Crippen molar-refractivity contribution in [2.24, 2.45) is 11.1 Å². The molecule has 1 fully saturated rings. The van der Waals surface area contributed by atoms with Crippen molar-refractivity contribution in [2.75, 3.05) is 39.3 Å². The number of hydrogen-bond donors (Lipinski definition) is 1. The van der Waals surface area contributed by atoms with Crippen LogP contribution in [-0.2, 0) is 4.79 Å². The van der Waals surface area contributed by atoms with E-state index in [2.05, 4.69) is 18.7 Å². The summed E-state index contributed by atoms with van der Waals surface area (Å²) in [6.07, 6.45) is 3.69. The molecule has 0 aromatic heterocycles. The van der Waals surface area contributed by atoms with Crippen molar-refractivity contribution in [2.45, 2.75) is 40.0 Å². The molecule has 1 rings (SSSR count). The van der Waals surface area contributed by atoms with E-state index in [4.69, 9.17) is 5.73 Å². The smallest absolute Gasteiger partial charge is 0.219 e. The van der Waals surface area contributed by atoms with Gasteiger partial charge in [-0.2, -0.15) is 0 Å². The van der Waals surface area contributed by atoms with E-state index in [-0.39, 0.29) is 11.3 Å². The zero-order chi connectivity index (χ0) is 13.6. The number of nitrogens with two attached hydrogens (primary N) is 1. The Labute approximate surface area is 111 Å². The summed E-state index contributed by atoms with van der Waals surface area (Å²) < 4.78 is 0. The van der Waals surface area contributed by atoms with Crippen LogP contribution < -0.4 is 5.73 Å². The van der Waals surface area contributed by atoms with Gasteiger partial charge in [0, 0.05) is 33.1 Å². The van der Waals surface area contributed by atoms with Crippen LogP contribution in [-0.4, -0.2) is 55.0 Å². The molecule has 1 heterocycles. The van der Waals surface area contributed by atoms with Gasteiger partial charge in [-0.1, -0.05) is 20.3 Å². The zero-order valence-electron chi connectivity index (χ0n) is 12.2. The Morgan fingerprint density at radius 2 is 1.78 bits per heavy atom. The lowest BCUT2D eigenvalue weighted by Gasteiger charge is -2.34. The molecule has 1 amide bonds.